The maximum absolute atomic E-state index is 13.8. The molecule has 0 bridgehead atoms. The largest absolute Gasteiger partial charge is 0.389 e. The van der Waals surface area contributed by atoms with Gasteiger partial charge in [-0.3, -0.25) is 4.68 Å². The summed E-state index contributed by atoms with van der Waals surface area (Å²) < 4.78 is 15.6. The van der Waals surface area contributed by atoms with Crippen LogP contribution in [0.3, 0.4) is 0 Å². The lowest BCUT2D eigenvalue weighted by atomic mass is 10.2. The van der Waals surface area contributed by atoms with Crippen LogP contribution in [-0.2, 0) is 13.6 Å². The van der Waals surface area contributed by atoms with Gasteiger partial charge in [-0.25, -0.2) is 4.39 Å². The second-order valence-electron chi connectivity index (χ2n) is 4.29. The van der Waals surface area contributed by atoms with E-state index in [1.165, 1.54) is 6.07 Å². The fourth-order valence-corrected chi connectivity index (χ4v) is 1.85. The van der Waals surface area contributed by atoms with E-state index in [0.717, 1.165) is 11.3 Å². The summed E-state index contributed by atoms with van der Waals surface area (Å²) in [5, 5.41) is 7.17. The van der Waals surface area contributed by atoms with Crippen molar-refractivity contribution in [2.45, 2.75) is 13.5 Å². The van der Waals surface area contributed by atoms with Gasteiger partial charge in [0.25, 0.3) is 0 Å². The molecular formula is C13H15FN4S. The Kier molecular flexibility index (Phi) is 3.80. The molecule has 0 aliphatic heterocycles. The minimum atomic E-state index is -0.369. The van der Waals surface area contributed by atoms with Gasteiger partial charge in [0.1, 0.15) is 10.8 Å². The average molecular weight is 278 g/mol. The van der Waals surface area contributed by atoms with Gasteiger partial charge in [-0.2, -0.15) is 5.10 Å². The zero-order valence-corrected chi connectivity index (χ0v) is 11.6. The van der Waals surface area contributed by atoms with E-state index < -0.39 is 0 Å². The molecule has 1 aromatic carbocycles. The molecule has 2 aromatic rings. The number of rotatable bonds is 4. The molecule has 0 saturated heterocycles. The first-order valence-electron chi connectivity index (χ1n) is 5.79. The summed E-state index contributed by atoms with van der Waals surface area (Å²) in [7, 11) is 1.87. The Labute approximate surface area is 116 Å². The van der Waals surface area contributed by atoms with Crippen LogP contribution in [0.4, 0.5) is 10.1 Å². The Bertz CT molecular complexity index is 621. The normalized spacial score (nSPS) is 10.5. The van der Waals surface area contributed by atoms with E-state index in [0.29, 0.717) is 17.8 Å². The molecule has 0 spiro atoms. The van der Waals surface area contributed by atoms with Crippen LogP contribution in [0.2, 0.25) is 0 Å². The number of aryl methyl sites for hydroxylation is 1. The molecule has 6 heteroatoms. The number of nitrogens with two attached hydrogens (primary N) is 1. The van der Waals surface area contributed by atoms with Gasteiger partial charge < -0.3 is 11.1 Å². The quantitative estimate of drug-likeness (QED) is 0.841. The van der Waals surface area contributed by atoms with E-state index in [1.54, 1.807) is 23.0 Å². The van der Waals surface area contributed by atoms with E-state index >= 15 is 0 Å². The van der Waals surface area contributed by atoms with Gasteiger partial charge in [-0.1, -0.05) is 12.2 Å². The van der Waals surface area contributed by atoms with E-state index in [2.05, 4.69) is 10.4 Å². The van der Waals surface area contributed by atoms with Crippen LogP contribution in [0, 0.1) is 12.7 Å². The fraction of sp³-hybridized carbons (Fsp3) is 0.231. The first-order chi connectivity index (χ1) is 8.99. The maximum atomic E-state index is 13.8. The Hall–Kier alpha value is -1.95. The summed E-state index contributed by atoms with van der Waals surface area (Å²) in [4.78, 5) is 0.188. The van der Waals surface area contributed by atoms with Crippen molar-refractivity contribution in [2.24, 2.45) is 12.8 Å². The van der Waals surface area contributed by atoms with Crippen LogP contribution >= 0.6 is 12.2 Å². The molecule has 1 aromatic heterocycles. The van der Waals surface area contributed by atoms with Crippen LogP contribution in [0.5, 0.6) is 0 Å². The zero-order valence-electron chi connectivity index (χ0n) is 10.8. The number of benzene rings is 1. The predicted molar refractivity (Wildman–Crippen MR) is 77.6 cm³/mol. The van der Waals surface area contributed by atoms with Crippen molar-refractivity contribution in [2.75, 3.05) is 5.32 Å². The van der Waals surface area contributed by atoms with Crippen LogP contribution in [-0.4, -0.2) is 14.8 Å². The van der Waals surface area contributed by atoms with Crippen molar-refractivity contribution in [1.82, 2.24) is 9.78 Å². The molecule has 0 atom stereocenters. The third kappa shape index (κ3) is 2.90. The number of hydrogen-bond acceptors (Lipinski definition) is 3. The topological polar surface area (TPSA) is 55.9 Å². The lowest BCUT2D eigenvalue weighted by Gasteiger charge is -2.08. The van der Waals surface area contributed by atoms with E-state index in [9.17, 15) is 4.39 Å². The average Bonchev–Trinajstić information content (AvgIpc) is 2.68. The highest BCUT2D eigenvalue weighted by Crippen LogP contribution is 2.17. The Morgan fingerprint density at radius 1 is 1.53 bits per heavy atom. The van der Waals surface area contributed by atoms with Crippen LogP contribution in [0.15, 0.2) is 24.4 Å². The molecule has 0 fully saturated rings. The smallest absolute Gasteiger partial charge is 0.146 e. The summed E-state index contributed by atoms with van der Waals surface area (Å²) >= 11 is 4.81. The van der Waals surface area contributed by atoms with Crippen molar-refractivity contribution in [3.63, 3.8) is 0 Å². The monoisotopic (exact) mass is 278 g/mol. The van der Waals surface area contributed by atoms with E-state index in [4.69, 9.17) is 18.0 Å². The van der Waals surface area contributed by atoms with Crippen molar-refractivity contribution >= 4 is 22.9 Å². The number of nitrogens with zero attached hydrogens (tertiary/aromatic N) is 2. The standard InChI is InChI=1S/C13H15FN4S/c1-8-10(7-17-18(8)2)6-16-12-4-3-9(13(15)19)5-11(12)14/h3-5,7,16H,6H2,1-2H3,(H2,15,19). The van der Waals surface area contributed by atoms with E-state index in [-0.39, 0.29) is 10.8 Å². The molecule has 2 rings (SSSR count). The molecule has 100 valence electrons. The van der Waals surface area contributed by atoms with E-state index in [1.807, 2.05) is 14.0 Å². The SMILES string of the molecule is Cc1c(CNc2ccc(C(N)=S)cc2F)cnn1C. The summed E-state index contributed by atoms with van der Waals surface area (Å²) in [6.45, 7) is 2.49. The van der Waals surface area contributed by atoms with Crippen LogP contribution in [0.1, 0.15) is 16.8 Å². The third-order valence-electron chi connectivity index (χ3n) is 3.06. The number of anilines is 1. The summed E-state index contributed by atoms with van der Waals surface area (Å²) in [5.74, 6) is -0.369. The van der Waals surface area contributed by atoms with Crippen molar-refractivity contribution in [3.05, 3.63) is 47.0 Å². The van der Waals surface area contributed by atoms with Crippen LogP contribution < -0.4 is 11.1 Å². The van der Waals surface area contributed by atoms with Crippen molar-refractivity contribution < 1.29 is 4.39 Å². The van der Waals surface area contributed by atoms with Crippen molar-refractivity contribution in [1.29, 1.82) is 0 Å². The highest BCUT2D eigenvalue weighted by atomic mass is 32.1. The van der Waals surface area contributed by atoms with Gasteiger partial charge in [0, 0.05) is 30.4 Å². The second kappa shape index (κ2) is 5.36. The second-order valence-corrected chi connectivity index (χ2v) is 4.73. The molecule has 0 amide bonds. The molecule has 0 aliphatic rings. The predicted octanol–water partition coefficient (Wildman–Crippen LogP) is 2.11. The van der Waals surface area contributed by atoms with Gasteiger partial charge in [-0.15, -0.1) is 0 Å². The molecular weight excluding hydrogens is 263 g/mol. The Morgan fingerprint density at radius 3 is 2.79 bits per heavy atom. The summed E-state index contributed by atoms with van der Waals surface area (Å²) in [6, 6.07) is 4.67. The van der Waals surface area contributed by atoms with Gasteiger partial charge in [0.15, 0.2) is 0 Å². The minimum absolute atomic E-state index is 0.188. The number of halogens is 1. The number of aromatic nitrogens is 2. The molecule has 0 unspecified atom stereocenters. The van der Waals surface area contributed by atoms with Gasteiger partial charge in [0.05, 0.1) is 11.9 Å². The van der Waals surface area contributed by atoms with Gasteiger partial charge >= 0.3 is 0 Å². The molecule has 0 aliphatic carbocycles. The molecule has 0 radical (unpaired) electrons. The van der Waals surface area contributed by atoms with Crippen LogP contribution in [0.25, 0.3) is 0 Å². The highest BCUT2D eigenvalue weighted by Gasteiger charge is 2.07. The first kappa shape index (κ1) is 13.5. The number of thiocarbonyl (C=S) groups is 1. The Balaban J connectivity index is 2.12. The lowest BCUT2D eigenvalue weighted by molar-refractivity contribution is 0.630. The molecule has 1 heterocycles. The molecule has 4 nitrogen and oxygen atoms in total. The minimum Gasteiger partial charge on any atom is -0.389 e. The molecule has 3 N–H and O–H groups in total. The molecule has 19 heavy (non-hydrogen) atoms. The number of nitrogens with one attached hydrogen (secondary N) is 1. The Morgan fingerprint density at radius 2 is 2.26 bits per heavy atom. The zero-order chi connectivity index (χ0) is 14.0. The first-order valence-corrected chi connectivity index (χ1v) is 6.20. The van der Waals surface area contributed by atoms with Crippen molar-refractivity contribution in [3.8, 4) is 0 Å². The fourth-order valence-electron chi connectivity index (χ4n) is 1.72. The van der Waals surface area contributed by atoms with Gasteiger partial charge in [-0.05, 0) is 25.1 Å². The lowest BCUT2D eigenvalue weighted by Crippen LogP contribution is -2.10. The third-order valence-corrected chi connectivity index (χ3v) is 3.30. The summed E-state index contributed by atoms with van der Waals surface area (Å²) in [6.07, 6.45) is 1.77. The maximum Gasteiger partial charge on any atom is 0.146 e. The van der Waals surface area contributed by atoms with Gasteiger partial charge in [0.2, 0.25) is 0 Å². The highest BCUT2D eigenvalue weighted by molar-refractivity contribution is 7.80. The summed E-state index contributed by atoms with van der Waals surface area (Å²) in [5.41, 5.74) is 8.47. The number of hydrogen-bond donors (Lipinski definition) is 2. The molecule has 0 saturated carbocycles.